The van der Waals surface area contributed by atoms with Crippen molar-refractivity contribution < 1.29 is 14.3 Å². The van der Waals surface area contributed by atoms with E-state index in [0.717, 1.165) is 29.1 Å². The van der Waals surface area contributed by atoms with Crippen LogP contribution in [0.25, 0.3) is 0 Å². The molecule has 30 heavy (non-hydrogen) atoms. The SMILES string of the molecule is O=C(Nc1ccccc1NC12CC3CC(CC(C3)C1)C2)c1cccc2c1OCCO2. The average Bonchev–Trinajstić information content (AvgIpc) is 2.73. The van der Waals surface area contributed by atoms with Crippen molar-refractivity contribution in [1.29, 1.82) is 0 Å². The van der Waals surface area contributed by atoms with Gasteiger partial charge in [0.1, 0.15) is 13.2 Å². The quantitative estimate of drug-likeness (QED) is 0.745. The Bertz CT molecular complexity index is 951. The van der Waals surface area contributed by atoms with Crippen LogP contribution in [-0.4, -0.2) is 24.7 Å². The Hall–Kier alpha value is -2.69. The highest BCUT2D eigenvalue weighted by molar-refractivity contribution is 6.08. The number of para-hydroxylation sites is 3. The molecule has 0 spiro atoms. The lowest BCUT2D eigenvalue weighted by molar-refractivity contribution is 0.0107. The third-order valence-corrected chi connectivity index (χ3v) is 7.42. The summed E-state index contributed by atoms with van der Waals surface area (Å²) in [5, 5.41) is 7.03. The van der Waals surface area contributed by atoms with Gasteiger partial charge in [-0.2, -0.15) is 0 Å². The summed E-state index contributed by atoms with van der Waals surface area (Å²) in [4.78, 5) is 13.1. The van der Waals surface area contributed by atoms with E-state index in [2.05, 4.69) is 16.7 Å². The monoisotopic (exact) mass is 404 g/mol. The van der Waals surface area contributed by atoms with Crippen molar-refractivity contribution >= 4 is 17.3 Å². The van der Waals surface area contributed by atoms with Gasteiger partial charge in [-0.25, -0.2) is 0 Å². The molecular weight excluding hydrogens is 376 g/mol. The molecule has 0 aromatic heterocycles. The van der Waals surface area contributed by atoms with Gasteiger partial charge < -0.3 is 20.1 Å². The van der Waals surface area contributed by atoms with Crippen LogP contribution >= 0.6 is 0 Å². The third-order valence-electron chi connectivity index (χ3n) is 7.42. The van der Waals surface area contributed by atoms with E-state index in [0.29, 0.717) is 30.3 Å². The molecule has 2 N–H and O–H groups in total. The lowest BCUT2D eigenvalue weighted by Crippen LogP contribution is -2.54. The van der Waals surface area contributed by atoms with Crippen LogP contribution in [0.2, 0.25) is 0 Å². The third kappa shape index (κ3) is 3.11. The van der Waals surface area contributed by atoms with E-state index in [1.807, 2.05) is 30.3 Å². The molecule has 4 fully saturated rings. The van der Waals surface area contributed by atoms with E-state index in [1.165, 1.54) is 38.5 Å². The van der Waals surface area contributed by atoms with Gasteiger partial charge in [0, 0.05) is 5.54 Å². The highest BCUT2D eigenvalue weighted by Crippen LogP contribution is 2.56. The second-order valence-electron chi connectivity index (χ2n) is 9.65. The predicted molar refractivity (Wildman–Crippen MR) is 116 cm³/mol. The number of nitrogens with one attached hydrogen (secondary N) is 2. The first-order valence-electron chi connectivity index (χ1n) is 11.2. The zero-order chi connectivity index (χ0) is 20.1. The van der Waals surface area contributed by atoms with Gasteiger partial charge in [-0.1, -0.05) is 18.2 Å². The number of ether oxygens (including phenoxy) is 2. The highest BCUT2D eigenvalue weighted by Gasteiger charge is 2.51. The van der Waals surface area contributed by atoms with Crippen LogP contribution in [0, 0.1) is 17.8 Å². The topological polar surface area (TPSA) is 59.6 Å². The van der Waals surface area contributed by atoms with Gasteiger partial charge in [0.2, 0.25) is 0 Å². The second-order valence-corrected chi connectivity index (χ2v) is 9.65. The highest BCUT2D eigenvalue weighted by atomic mass is 16.6. The van der Waals surface area contributed by atoms with Crippen molar-refractivity contribution in [3.63, 3.8) is 0 Å². The number of anilines is 2. The van der Waals surface area contributed by atoms with Gasteiger partial charge in [0.15, 0.2) is 11.5 Å². The largest absolute Gasteiger partial charge is 0.486 e. The van der Waals surface area contributed by atoms with Crippen molar-refractivity contribution in [2.75, 3.05) is 23.8 Å². The lowest BCUT2D eigenvalue weighted by Gasteiger charge is -2.57. The molecule has 0 radical (unpaired) electrons. The summed E-state index contributed by atoms with van der Waals surface area (Å²) in [6.45, 7) is 0.970. The molecular formula is C25H28N2O3. The molecule has 5 aliphatic rings. The fourth-order valence-corrected chi connectivity index (χ4v) is 6.69. The zero-order valence-electron chi connectivity index (χ0n) is 17.2. The molecule has 2 aromatic rings. The van der Waals surface area contributed by atoms with Crippen LogP contribution in [0.1, 0.15) is 48.9 Å². The van der Waals surface area contributed by atoms with E-state index in [9.17, 15) is 4.79 Å². The summed E-state index contributed by atoms with van der Waals surface area (Å²) in [5.41, 5.74) is 2.55. The Morgan fingerprint density at radius 2 is 1.50 bits per heavy atom. The van der Waals surface area contributed by atoms with Gasteiger partial charge in [-0.15, -0.1) is 0 Å². The minimum Gasteiger partial charge on any atom is -0.486 e. The molecule has 0 atom stereocenters. The van der Waals surface area contributed by atoms with E-state index < -0.39 is 0 Å². The Morgan fingerprint density at radius 3 is 2.23 bits per heavy atom. The smallest absolute Gasteiger partial charge is 0.259 e. The minimum atomic E-state index is -0.169. The number of hydrogen-bond donors (Lipinski definition) is 2. The number of carbonyl (C=O) groups is 1. The predicted octanol–water partition coefficient (Wildman–Crippen LogP) is 5.09. The Kier molecular flexibility index (Phi) is 4.18. The van der Waals surface area contributed by atoms with Crippen molar-refractivity contribution in [3.8, 4) is 11.5 Å². The first kappa shape index (κ1) is 18.1. The zero-order valence-corrected chi connectivity index (χ0v) is 17.2. The van der Waals surface area contributed by atoms with Gasteiger partial charge >= 0.3 is 0 Å². The molecule has 156 valence electrons. The summed E-state index contributed by atoms with van der Waals surface area (Å²) in [6.07, 6.45) is 8.04. The molecule has 1 heterocycles. The molecule has 4 bridgehead atoms. The summed E-state index contributed by atoms with van der Waals surface area (Å²) in [7, 11) is 0. The van der Waals surface area contributed by atoms with Crippen LogP contribution in [0.4, 0.5) is 11.4 Å². The fraction of sp³-hybridized carbons (Fsp3) is 0.480. The Morgan fingerprint density at radius 1 is 0.833 bits per heavy atom. The molecule has 1 amide bonds. The fourth-order valence-electron chi connectivity index (χ4n) is 6.69. The number of benzene rings is 2. The number of carbonyl (C=O) groups excluding carboxylic acids is 1. The average molecular weight is 405 g/mol. The molecule has 5 nitrogen and oxygen atoms in total. The van der Waals surface area contributed by atoms with Crippen molar-refractivity contribution in [2.24, 2.45) is 17.8 Å². The molecule has 2 aromatic carbocycles. The molecule has 0 saturated heterocycles. The summed E-state index contributed by atoms with van der Waals surface area (Å²) >= 11 is 0. The van der Waals surface area contributed by atoms with Gasteiger partial charge in [0.05, 0.1) is 16.9 Å². The van der Waals surface area contributed by atoms with E-state index in [-0.39, 0.29) is 11.4 Å². The standard InChI is InChI=1S/C25H28N2O3/c28-24(19-4-3-7-22-23(19)30-9-8-29-22)26-20-5-1-2-6-21(20)27-25-13-16-10-17(14-25)12-18(11-16)15-25/h1-7,16-18,27H,8-15H2,(H,26,28). The Balaban J connectivity index is 1.26. The van der Waals surface area contributed by atoms with E-state index in [4.69, 9.17) is 9.47 Å². The maximum Gasteiger partial charge on any atom is 0.259 e. The first-order chi connectivity index (χ1) is 14.7. The van der Waals surface area contributed by atoms with Crippen molar-refractivity contribution in [1.82, 2.24) is 0 Å². The molecule has 5 heteroatoms. The molecule has 1 aliphatic heterocycles. The van der Waals surface area contributed by atoms with E-state index in [1.54, 1.807) is 6.07 Å². The normalized spacial score (nSPS) is 30.7. The van der Waals surface area contributed by atoms with Crippen LogP contribution in [0.15, 0.2) is 42.5 Å². The summed E-state index contributed by atoms with van der Waals surface area (Å²) < 4.78 is 11.4. The number of fused-ring (bicyclic) bond motifs is 1. The van der Waals surface area contributed by atoms with Crippen LogP contribution in [0.5, 0.6) is 11.5 Å². The summed E-state index contributed by atoms with van der Waals surface area (Å²) in [5.74, 6) is 3.62. The maximum atomic E-state index is 13.1. The molecule has 4 aliphatic carbocycles. The maximum absolute atomic E-state index is 13.1. The second kappa shape index (κ2) is 6.93. The number of hydrogen-bond acceptors (Lipinski definition) is 4. The van der Waals surface area contributed by atoms with Crippen LogP contribution in [-0.2, 0) is 0 Å². The van der Waals surface area contributed by atoms with Crippen molar-refractivity contribution in [2.45, 2.75) is 44.1 Å². The van der Waals surface area contributed by atoms with Gasteiger partial charge in [-0.3, -0.25) is 4.79 Å². The van der Waals surface area contributed by atoms with Crippen LogP contribution < -0.4 is 20.1 Å². The van der Waals surface area contributed by atoms with Gasteiger partial charge in [-0.05, 0) is 80.5 Å². The van der Waals surface area contributed by atoms with Crippen LogP contribution in [0.3, 0.4) is 0 Å². The lowest BCUT2D eigenvalue weighted by atomic mass is 9.53. The van der Waals surface area contributed by atoms with Gasteiger partial charge in [0.25, 0.3) is 5.91 Å². The first-order valence-corrected chi connectivity index (χ1v) is 11.2. The molecule has 7 rings (SSSR count). The Labute approximate surface area is 177 Å². The van der Waals surface area contributed by atoms with Crippen molar-refractivity contribution in [3.05, 3.63) is 48.0 Å². The number of rotatable bonds is 4. The minimum absolute atomic E-state index is 0.169. The van der Waals surface area contributed by atoms with E-state index >= 15 is 0 Å². The molecule has 0 unspecified atom stereocenters. The summed E-state index contributed by atoms with van der Waals surface area (Å²) in [6, 6.07) is 13.6. The number of amides is 1. The molecule has 4 saturated carbocycles.